The first-order valence-corrected chi connectivity index (χ1v) is 7.01. The van der Waals surface area contributed by atoms with Gasteiger partial charge in [-0.2, -0.15) is 0 Å². The van der Waals surface area contributed by atoms with Crippen LogP contribution in [-0.4, -0.2) is 11.8 Å². The van der Waals surface area contributed by atoms with Gasteiger partial charge in [0, 0.05) is 18.2 Å². The van der Waals surface area contributed by atoms with Gasteiger partial charge in [-0.1, -0.05) is 42.3 Å². The summed E-state index contributed by atoms with van der Waals surface area (Å²) in [7, 11) is 0. The molecule has 0 unspecified atom stereocenters. The highest BCUT2D eigenvalue weighted by molar-refractivity contribution is 6.08. The Kier molecular flexibility index (Phi) is 5.32. The highest BCUT2D eigenvalue weighted by Gasteiger charge is 2.11. The minimum atomic E-state index is -0.418. The highest BCUT2D eigenvalue weighted by atomic mass is 16.2. The molecule has 2 aromatic rings. The van der Waals surface area contributed by atoms with Crippen molar-refractivity contribution in [3.05, 3.63) is 71.4 Å². The van der Waals surface area contributed by atoms with Crippen LogP contribution in [0, 0.1) is 12.3 Å². The van der Waals surface area contributed by atoms with E-state index in [0.717, 1.165) is 5.56 Å². The van der Waals surface area contributed by atoms with Crippen LogP contribution in [0.2, 0.25) is 0 Å². The molecule has 2 rings (SSSR count). The Morgan fingerprint density at radius 1 is 1.09 bits per heavy atom. The minimum absolute atomic E-state index is 0.162. The maximum absolute atomic E-state index is 12.4. The van der Waals surface area contributed by atoms with Gasteiger partial charge in [-0.3, -0.25) is 9.59 Å². The van der Waals surface area contributed by atoms with E-state index in [-0.39, 0.29) is 11.6 Å². The summed E-state index contributed by atoms with van der Waals surface area (Å²) >= 11 is 0. The first-order valence-electron chi connectivity index (χ1n) is 7.01. The van der Waals surface area contributed by atoms with Crippen molar-refractivity contribution >= 4 is 23.6 Å². The lowest BCUT2D eigenvalue weighted by atomic mass is 10.1. The number of carbonyl (C=O) groups is 2. The summed E-state index contributed by atoms with van der Waals surface area (Å²) < 4.78 is 0. The Hall–Kier alpha value is -3.32. The van der Waals surface area contributed by atoms with Gasteiger partial charge < -0.3 is 10.6 Å². The maximum atomic E-state index is 12.4. The molecule has 2 aromatic carbocycles. The van der Waals surface area contributed by atoms with Crippen molar-refractivity contribution in [1.29, 1.82) is 0 Å². The number of nitrogens with one attached hydrogen (secondary N) is 2. The standard InChI is InChI=1S/C19H16N2O2/c1-3-15-10-7-11-17(12-15)21-19(23)18(20-14(2)22)13-16-8-5-4-6-9-16/h1,4-13H,2H3,(H,20,22)(H,21,23)/b18-13+. The number of hydrogen-bond donors (Lipinski definition) is 2. The number of rotatable bonds is 4. The predicted molar refractivity (Wildman–Crippen MR) is 91.2 cm³/mol. The minimum Gasteiger partial charge on any atom is -0.322 e. The predicted octanol–water partition coefficient (Wildman–Crippen LogP) is 2.78. The number of benzene rings is 2. The molecule has 0 saturated carbocycles. The largest absolute Gasteiger partial charge is 0.322 e. The summed E-state index contributed by atoms with van der Waals surface area (Å²) in [6.45, 7) is 1.35. The summed E-state index contributed by atoms with van der Waals surface area (Å²) in [5.41, 5.74) is 2.20. The van der Waals surface area contributed by atoms with E-state index in [2.05, 4.69) is 16.6 Å². The molecule has 114 valence electrons. The van der Waals surface area contributed by atoms with Crippen LogP contribution in [0.15, 0.2) is 60.3 Å². The Bertz CT molecular complexity index is 787. The van der Waals surface area contributed by atoms with E-state index in [1.807, 2.05) is 30.3 Å². The van der Waals surface area contributed by atoms with Crippen LogP contribution in [0.3, 0.4) is 0 Å². The lowest BCUT2D eigenvalue weighted by Gasteiger charge is -2.10. The van der Waals surface area contributed by atoms with Gasteiger partial charge >= 0.3 is 0 Å². The first-order chi connectivity index (χ1) is 11.1. The molecule has 0 bridgehead atoms. The summed E-state index contributed by atoms with van der Waals surface area (Å²) in [4.78, 5) is 23.7. The Labute approximate surface area is 135 Å². The van der Waals surface area contributed by atoms with Crippen LogP contribution in [0.25, 0.3) is 6.08 Å². The smallest absolute Gasteiger partial charge is 0.272 e. The van der Waals surface area contributed by atoms with Crippen molar-refractivity contribution in [2.45, 2.75) is 6.92 Å². The van der Waals surface area contributed by atoms with Crippen molar-refractivity contribution in [2.75, 3.05) is 5.32 Å². The summed E-state index contributed by atoms with van der Waals surface area (Å²) in [5, 5.41) is 5.27. The number of anilines is 1. The fraction of sp³-hybridized carbons (Fsp3) is 0.0526. The topological polar surface area (TPSA) is 58.2 Å². The molecule has 0 aliphatic heterocycles. The molecule has 23 heavy (non-hydrogen) atoms. The Balaban J connectivity index is 2.25. The van der Waals surface area contributed by atoms with Gasteiger partial charge in [-0.15, -0.1) is 6.42 Å². The zero-order valence-corrected chi connectivity index (χ0v) is 12.7. The van der Waals surface area contributed by atoms with Gasteiger partial charge in [-0.05, 0) is 29.8 Å². The van der Waals surface area contributed by atoms with E-state index in [0.29, 0.717) is 11.3 Å². The SMILES string of the molecule is C#Cc1cccc(NC(=O)/C(=C\c2ccccc2)NC(C)=O)c1. The lowest BCUT2D eigenvalue weighted by molar-refractivity contribution is -0.120. The Morgan fingerprint density at radius 3 is 2.48 bits per heavy atom. The molecule has 4 nitrogen and oxygen atoms in total. The molecule has 0 aliphatic carbocycles. The van der Waals surface area contributed by atoms with Crippen LogP contribution in [0.1, 0.15) is 18.1 Å². The van der Waals surface area contributed by atoms with Crippen molar-refractivity contribution in [2.24, 2.45) is 0 Å². The van der Waals surface area contributed by atoms with Gasteiger partial charge in [0.15, 0.2) is 0 Å². The summed E-state index contributed by atoms with van der Waals surface area (Å²) in [6.07, 6.45) is 6.96. The van der Waals surface area contributed by atoms with E-state index in [1.54, 1.807) is 30.3 Å². The molecule has 0 aliphatic rings. The monoisotopic (exact) mass is 304 g/mol. The number of hydrogen-bond acceptors (Lipinski definition) is 2. The zero-order chi connectivity index (χ0) is 16.7. The van der Waals surface area contributed by atoms with Gasteiger partial charge in [0.25, 0.3) is 5.91 Å². The molecule has 0 atom stereocenters. The zero-order valence-electron chi connectivity index (χ0n) is 12.7. The molecular weight excluding hydrogens is 288 g/mol. The fourth-order valence-electron chi connectivity index (χ4n) is 1.95. The van der Waals surface area contributed by atoms with Gasteiger partial charge in [0.1, 0.15) is 5.70 Å². The number of amides is 2. The molecule has 0 aromatic heterocycles. The van der Waals surface area contributed by atoms with E-state index in [9.17, 15) is 9.59 Å². The van der Waals surface area contributed by atoms with Gasteiger partial charge in [-0.25, -0.2) is 0 Å². The molecule has 2 N–H and O–H groups in total. The normalized spacial score (nSPS) is 10.5. The van der Waals surface area contributed by atoms with Crippen LogP contribution in [-0.2, 0) is 9.59 Å². The molecule has 0 heterocycles. The van der Waals surface area contributed by atoms with Gasteiger partial charge in [0.2, 0.25) is 5.91 Å². The second-order valence-corrected chi connectivity index (χ2v) is 4.83. The average Bonchev–Trinajstić information content (AvgIpc) is 2.55. The molecule has 4 heteroatoms. The quantitative estimate of drug-likeness (QED) is 0.674. The van der Waals surface area contributed by atoms with Crippen molar-refractivity contribution in [3.63, 3.8) is 0 Å². The molecular formula is C19H16N2O2. The third-order valence-electron chi connectivity index (χ3n) is 2.95. The van der Waals surface area contributed by atoms with E-state index >= 15 is 0 Å². The maximum Gasteiger partial charge on any atom is 0.272 e. The average molecular weight is 304 g/mol. The van der Waals surface area contributed by atoms with Crippen molar-refractivity contribution < 1.29 is 9.59 Å². The van der Waals surface area contributed by atoms with Crippen molar-refractivity contribution in [3.8, 4) is 12.3 Å². The molecule has 0 radical (unpaired) electrons. The van der Waals surface area contributed by atoms with Crippen molar-refractivity contribution in [1.82, 2.24) is 5.32 Å². The van der Waals surface area contributed by atoms with Crippen LogP contribution < -0.4 is 10.6 Å². The lowest BCUT2D eigenvalue weighted by Crippen LogP contribution is -2.28. The van der Waals surface area contributed by atoms with Crippen LogP contribution in [0.4, 0.5) is 5.69 Å². The number of carbonyl (C=O) groups excluding carboxylic acids is 2. The van der Waals surface area contributed by atoms with E-state index in [1.165, 1.54) is 6.92 Å². The third-order valence-corrected chi connectivity index (χ3v) is 2.95. The second-order valence-electron chi connectivity index (χ2n) is 4.83. The summed E-state index contributed by atoms with van der Waals surface area (Å²) in [5.74, 6) is 1.77. The highest BCUT2D eigenvalue weighted by Crippen LogP contribution is 2.12. The fourth-order valence-corrected chi connectivity index (χ4v) is 1.95. The number of terminal acetylenes is 1. The molecule has 0 spiro atoms. The Morgan fingerprint density at radius 2 is 1.83 bits per heavy atom. The summed E-state index contributed by atoms with van der Waals surface area (Å²) in [6, 6.07) is 16.2. The third kappa shape index (κ3) is 4.87. The molecule has 0 saturated heterocycles. The van der Waals surface area contributed by atoms with E-state index < -0.39 is 5.91 Å². The van der Waals surface area contributed by atoms with Gasteiger partial charge in [0.05, 0.1) is 0 Å². The van der Waals surface area contributed by atoms with Crippen LogP contribution in [0.5, 0.6) is 0 Å². The van der Waals surface area contributed by atoms with Crippen LogP contribution >= 0.6 is 0 Å². The van der Waals surface area contributed by atoms with E-state index in [4.69, 9.17) is 6.42 Å². The second kappa shape index (κ2) is 7.62. The molecule has 0 fully saturated rings. The first kappa shape index (κ1) is 16.1. The molecule has 2 amide bonds.